The molecule has 7 nitrogen and oxygen atoms in total. The van der Waals surface area contributed by atoms with Crippen LogP contribution in [0.4, 0.5) is 13.2 Å². The third kappa shape index (κ3) is 3.78. The van der Waals surface area contributed by atoms with E-state index < -0.39 is 24.1 Å². The van der Waals surface area contributed by atoms with Crippen LogP contribution in [0.5, 0.6) is 5.75 Å². The molecule has 0 saturated carbocycles. The lowest BCUT2D eigenvalue weighted by molar-refractivity contribution is -0.0503. The summed E-state index contributed by atoms with van der Waals surface area (Å²) in [5.74, 6) is -2.08. The van der Waals surface area contributed by atoms with Crippen LogP contribution in [-0.2, 0) is 6.54 Å². The van der Waals surface area contributed by atoms with Gasteiger partial charge in [0.2, 0.25) is 0 Å². The molecule has 2 aromatic heterocycles. The highest BCUT2D eigenvalue weighted by Crippen LogP contribution is 2.22. The van der Waals surface area contributed by atoms with Crippen LogP contribution in [0, 0.1) is 19.7 Å². The van der Waals surface area contributed by atoms with Gasteiger partial charge in [-0.15, -0.1) is 0 Å². The Kier molecular flexibility index (Phi) is 4.89. The van der Waals surface area contributed by atoms with Crippen LogP contribution < -0.4 is 15.6 Å². The van der Waals surface area contributed by atoms with Crippen molar-refractivity contribution in [3.63, 3.8) is 0 Å². The standard InChI is InChI=1S/C17H15F3N4O3/c1-8-12(9(2)24-14(22-8)6-15(25)23-24)7-21-16(26)11-4-3-10(18)5-13(11)27-17(19)20/h3-6,17H,7H2,1-2H3,(H,21,26)(H,23,25). The predicted octanol–water partition coefficient (Wildman–Crippen LogP) is 2.31. The number of carbonyl (C=O) groups is 1. The molecular weight excluding hydrogens is 365 g/mol. The highest BCUT2D eigenvalue weighted by molar-refractivity contribution is 5.96. The maximum absolute atomic E-state index is 13.3. The predicted molar refractivity (Wildman–Crippen MR) is 89.5 cm³/mol. The van der Waals surface area contributed by atoms with Gasteiger partial charge in [-0.1, -0.05) is 0 Å². The summed E-state index contributed by atoms with van der Waals surface area (Å²) >= 11 is 0. The Labute approximate surface area is 150 Å². The van der Waals surface area contributed by atoms with Gasteiger partial charge in [-0.3, -0.25) is 14.7 Å². The molecule has 0 fully saturated rings. The monoisotopic (exact) mass is 380 g/mol. The van der Waals surface area contributed by atoms with Crippen LogP contribution in [0.15, 0.2) is 29.1 Å². The molecule has 0 bridgehead atoms. The Morgan fingerprint density at radius 1 is 1.33 bits per heavy atom. The Morgan fingerprint density at radius 3 is 2.78 bits per heavy atom. The van der Waals surface area contributed by atoms with Crippen LogP contribution in [0.2, 0.25) is 0 Å². The van der Waals surface area contributed by atoms with E-state index in [9.17, 15) is 22.8 Å². The van der Waals surface area contributed by atoms with Gasteiger partial charge in [0.25, 0.3) is 11.5 Å². The van der Waals surface area contributed by atoms with E-state index in [4.69, 9.17) is 0 Å². The highest BCUT2D eigenvalue weighted by Gasteiger charge is 2.18. The van der Waals surface area contributed by atoms with Crippen LogP contribution in [0.3, 0.4) is 0 Å². The summed E-state index contributed by atoms with van der Waals surface area (Å²) < 4.78 is 43.9. The lowest BCUT2D eigenvalue weighted by atomic mass is 10.1. The maximum atomic E-state index is 13.3. The first-order valence-corrected chi connectivity index (χ1v) is 7.86. The third-order valence-corrected chi connectivity index (χ3v) is 4.03. The van der Waals surface area contributed by atoms with E-state index in [0.717, 1.165) is 18.2 Å². The molecule has 0 aliphatic rings. The van der Waals surface area contributed by atoms with Crippen LogP contribution in [0.25, 0.3) is 5.65 Å². The number of alkyl halides is 2. The first kappa shape index (κ1) is 18.5. The number of hydrogen-bond acceptors (Lipinski definition) is 4. The summed E-state index contributed by atoms with van der Waals surface area (Å²) in [5.41, 5.74) is 1.79. The van der Waals surface area contributed by atoms with Crippen LogP contribution in [-0.4, -0.2) is 27.1 Å². The van der Waals surface area contributed by atoms with Crippen molar-refractivity contribution in [3.05, 3.63) is 63.0 Å². The Morgan fingerprint density at radius 2 is 2.07 bits per heavy atom. The van der Waals surface area contributed by atoms with E-state index in [1.165, 1.54) is 10.6 Å². The second kappa shape index (κ2) is 7.14. The lowest BCUT2D eigenvalue weighted by Gasteiger charge is -2.14. The van der Waals surface area contributed by atoms with Crippen LogP contribution >= 0.6 is 0 Å². The second-order valence-electron chi connectivity index (χ2n) is 5.78. The number of rotatable bonds is 5. The van der Waals surface area contributed by atoms with Gasteiger partial charge < -0.3 is 10.1 Å². The molecule has 2 heterocycles. The van der Waals surface area contributed by atoms with Gasteiger partial charge in [-0.05, 0) is 26.0 Å². The molecule has 2 N–H and O–H groups in total. The molecule has 0 spiro atoms. The van der Waals surface area contributed by atoms with Gasteiger partial charge in [0.15, 0.2) is 5.65 Å². The number of benzene rings is 1. The minimum Gasteiger partial charge on any atom is -0.434 e. The number of hydrogen-bond donors (Lipinski definition) is 2. The van der Waals surface area contributed by atoms with Crippen molar-refractivity contribution in [3.8, 4) is 5.75 Å². The minimum absolute atomic E-state index is 0.0190. The second-order valence-corrected chi connectivity index (χ2v) is 5.78. The Balaban J connectivity index is 1.86. The fourth-order valence-corrected chi connectivity index (χ4v) is 2.75. The van der Waals surface area contributed by atoms with Crippen molar-refractivity contribution in [2.75, 3.05) is 0 Å². The van der Waals surface area contributed by atoms with Crippen molar-refractivity contribution in [2.45, 2.75) is 27.0 Å². The molecule has 0 unspecified atom stereocenters. The molecule has 27 heavy (non-hydrogen) atoms. The summed E-state index contributed by atoms with van der Waals surface area (Å²) in [6.45, 7) is 0.280. The van der Waals surface area contributed by atoms with Crippen molar-refractivity contribution in [1.29, 1.82) is 0 Å². The largest absolute Gasteiger partial charge is 0.434 e. The van der Waals surface area contributed by atoms with Crippen LogP contribution in [0.1, 0.15) is 27.3 Å². The number of H-pyrrole nitrogens is 1. The quantitative estimate of drug-likeness (QED) is 0.711. The number of aryl methyl sites for hydroxylation is 2. The smallest absolute Gasteiger partial charge is 0.387 e. The molecule has 3 aromatic rings. The Bertz CT molecular complexity index is 1080. The Hall–Kier alpha value is -3.30. The van der Waals surface area contributed by atoms with Gasteiger partial charge in [0, 0.05) is 35.6 Å². The summed E-state index contributed by atoms with van der Waals surface area (Å²) in [6, 6.07) is 4.10. The molecule has 3 rings (SSSR count). The molecule has 0 atom stereocenters. The highest BCUT2D eigenvalue weighted by atomic mass is 19.3. The number of halogens is 3. The lowest BCUT2D eigenvalue weighted by Crippen LogP contribution is -2.25. The third-order valence-electron chi connectivity index (χ3n) is 4.03. The summed E-state index contributed by atoms with van der Waals surface area (Å²) in [7, 11) is 0. The van der Waals surface area contributed by atoms with E-state index in [1.807, 2.05) is 0 Å². The molecule has 0 aliphatic carbocycles. The average molecular weight is 380 g/mol. The molecule has 0 aliphatic heterocycles. The molecule has 1 aromatic carbocycles. The normalized spacial score (nSPS) is 11.2. The zero-order valence-electron chi connectivity index (χ0n) is 14.3. The fraction of sp³-hybridized carbons (Fsp3) is 0.235. The topological polar surface area (TPSA) is 88.5 Å². The molecule has 142 valence electrons. The number of aromatic nitrogens is 3. The van der Waals surface area contributed by atoms with E-state index >= 15 is 0 Å². The van der Waals surface area contributed by atoms with Crippen molar-refractivity contribution < 1.29 is 22.7 Å². The van der Waals surface area contributed by atoms with Gasteiger partial charge >= 0.3 is 6.61 Å². The number of aromatic amines is 1. The summed E-state index contributed by atoms with van der Waals surface area (Å²) in [6.07, 6.45) is 0. The molecular formula is C17H15F3N4O3. The number of ether oxygens (including phenoxy) is 1. The average Bonchev–Trinajstić information content (AvgIpc) is 2.94. The van der Waals surface area contributed by atoms with Crippen molar-refractivity contribution in [1.82, 2.24) is 19.9 Å². The SMILES string of the molecule is Cc1nc2cc(=O)[nH]n2c(C)c1CNC(=O)c1ccc(F)cc1OC(F)F. The first-order valence-electron chi connectivity index (χ1n) is 7.86. The zero-order valence-corrected chi connectivity index (χ0v) is 14.3. The van der Waals surface area contributed by atoms with Crippen molar-refractivity contribution >= 4 is 11.6 Å². The number of amides is 1. The number of nitrogens with one attached hydrogen (secondary N) is 2. The van der Waals surface area contributed by atoms with E-state index in [-0.39, 0.29) is 17.7 Å². The van der Waals surface area contributed by atoms with Gasteiger partial charge in [0.05, 0.1) is 5.56 Å². The van der Waals surface area contributed by atoms with Gasteiger partial charge in [-0.25, -0.2) is 13.9 Å². The minimum atomic E-state index is -3.19. The first-order chi connectivity index (χ1) is 12.8. The van der Waals surface area contributed by atoms with E-state index in [0.29, 0.717) is 22.6 Å². The zero-order chi connectivity index (χ0) is 19.7. The summed E-state index contributed by atoms with van der Waals surface area (Å²) in [5, 5.41) is 5.16. The van der Waals surface area contributed by atoms with E-state index in [2.05, 4.69) is 20.1 Å². The van der Waals surface area contributed by atoms with E-state index in [1.54, 1.807) is 13.8 Å². The number of fused-ring (bicyclic) bond motifs is 1. The summed E-state index contributed by atoms with van der Waals surface area (Å²) in [4.78, 5) is 28.1. The molecule has 0 saturated heterocycles. The van der Waals surface area contributed by atoms with Crippen molar-refractivity contribution in [2.24, 2.45) is 0 Å². The molecule has 1 amide bonds. The maximum Gasteiger partial charge on any atom is 0.387 e. The van der Waals surface area contributed by atoms with Gasteiger partial charge in [0.1, 0.15) is 11.6 Å². The molecule has 10 heteroatoms. The van der Waals surface area contributed by atoms with Gasteiger partial charge in [-0.2, -0.15) is 8.78 Å². The fourth-order valence-electron chi connectivity index (χ4n) is 2.75. The molecule has 0 radical (unpaired) electrons. The number of nitrogens with zero attached hydrogens (tertiary/aromatic N) is 2. The number of carbonyl (C=O) groups excluding carboxylic acids is 1.